The summed E-state index contributed by atoms with van der Waals surface area (Å²) < 4.78 is 5.92. The standard InChI is InChI=1S/C14H18N4OS/c1-10-8-18(9-14(2,3)19-10)13-17-16-12(20-13)11-6-4-5-7-15-11/h4-7,10H,8-9H2,1-3H3. The molecule has 5 nitrogen and oxygen atoms in total. The Morgan fingerprint density at radius 2 is 2.20 bits per heavy atom. The van der Waals surface area contributed by atoms with Crippen molar-refractivity contribution in [3.63, 3.8) is 0 Å². The molecule has 2 aromatic heterocycles. The Bertz CT molecular complexity index is 584. The van der Waals surface area contributed by atoms with E-state index < -0.39 is 0 Å². The summed E-state index contributed by atoms with van der Waals surface area (Å²) in [6.45, 7) is 7.98. The molecule has 2 aromatic rings. The molecule has 3 heterocycles. The SMILES string of the molecule is CC1CN(c2nnc(-c3ccccn3)s2)CC(C)(C)O1. The fourth-order valence-corrected chi connectivity index (χ4v) is 3.37. The van der Waals surface area contributed by atoms with Crippen LogP contribution in [0.25, 0.3) is 10.7 Å². The van der Waals surface area contributed by atoms with Gasteiger partial charge in [-0.1, -0.05) is 17.4 Å². The van der Waals surface area contributed by atoms with Crippen LogP contribution in [0.4, 0.5) is 5.13 Å². The number of pyridine rings is 1. The highest BCUT2D eigenvalue weighted by molar-refractivity contribution is 7.18. The summed E-state index contributed by atoms with van der Waals surface area (Å²) in [5.41, 5.74) is 0.714. The second kappa shape index (κ2) is 5.10. The van der Waals surface area contributed by atoms with E-state index >= 15 is 0 Å². The van der Waals surface area contributed by atoms with Crippen molar-refractivity contribution in [1.82, 2.24) is 15.2 Å². The minimum absolute atomic E-state index is 0.158. The van der Waals surface area contributed by atoms with Crippen LogP contribution >= 0.6 is 11.3 Å². The molecule has 0 spiro atoms. The number of anilines is 1. The minimum atomic E-state index is -0.158. The van der Waals surface area contributed by atoms with E-state index in [0.717, 1.165) is 28.9 Å². The second-order valence-electron chi connectivity index (χ2n) is 5.67. The fourth-order valence-electron chi connectivity index (χ4n) is 2.54. The summed E-state index contributed by atoms with van der Waals surface area (Å²) in [4.78, 5) is 6.56. The Labute approximate surface area is 122 Å². The monoisotopic (exact) mass is 290 g/mol. The molecule has 0 saturated carbocycles. The van der Waals surface area contributed by atoms with Gasteiger partial charge in [-0.15, -0.1) is 10.2 Å². The van der Waals surface area contributed by atoms with Crippen LogP contribution in [-0.4, -0.2) is 40.0 Å². The predicted molar refractivity (Wildman–Crippen MR) is 80.0 cm³/mol. The molecule has 106 valence electrons. The van der Waals surface area contributed by atoms with Gasteiger partial charge in [-0.25, -0.2) is 0 Å². The molecule has 0 radical (unpaired) electrons. The Balaban J connectivity index is 1.83. The molecule has 1 aliphatic rings. The first kappa shape index (κ1) is 13.5. The van der Waals surface area contributed by atoms with Crippen molar-refractivity contribution in [1.29, 1.82) is 0 Å². The quantitative estimate of drug-likeness (QED) is 0.851. The smallest absolute Gasteiger partial charge is 0.208 e. The minimum Gasteiger partial charge on any atom is -0.369 e. The zero-order valence-electron chi connectivity index (χ0n) is 11.9. The molecule has 20 heavy (non-hydrogen) atoms. The maximum Gasteiger partial charge on any atom is 0.208 e. The van der Waals surface area contributed by atoms with E-state index in [4.69, 9.17) is 4.74 Å². The summed E-state index contributed by atoms with van der Waals surface area (Å²) in [6.07, 6.45) is 1.97. The lowest BCUT2D eigenvalue weighted by molar-refractivity contribution is -0.0750. The molecule has 1 aliphatic heterocycles. The third-order valence-corrected chi connectivity index (χ3v) is 4.14. The third-order valence-electron chi connectivity index (χ3n) is 3.14. The van der Waals surface area contributed by atoms with Crippen molar-refractivity contribution in [2.45, 2.75) is 32.5 Å². The van der Waals surface area contributed by atoms with Gasteiger partial charge in [-0.2, -0.15) is 0 Å². The summed E-state index contributed by atoms with van der Waals surface area (Å²) >= 11 is 1.58. The zero-order chi connectivity index (χ0) is 14.2. The van der Waals surface area contributed by atoms with Crippen LogP contribution in [0, 0.1) is 0 Å². The van der Waals surface area contributed by atoms with Crippen molar-refractivity contribution >= 4 is 16.5 Å². The maximum absolute atomic E-state index is 5.92. The van der Waals surface area contributed by atoms with Gasteiger partial charge in [-0.3, -0.25) is 4.98 Å². The number of morpholine rings is 1. The molecule has 1 unspecified atom stereocenters. The number of hydrogen-bond acceptors (Lipinski definition) is 6. The molecule has 0 aromatic carbocycles. The number of ether oxygens (including phenoxy) is 1. The molecular formula is C14H18N4OS. The van der Waals surface area contributed by atoms with Gasteiger partial charge in [0.15, 0.2) is 5.01 Å². The number of hydrogen-bond donors (Lipinski definition) is 0. The Morgan fingerprint density at radius 3 is 2.90 bits per heavy atom. The Kier molecular flexibility index (Phi) is 3.43. The van der Waals surface area contributed by atoms with Crippen molar-refractivity contribution in [3.05, 3.63) is 24.4 Å². The molecular weight excluding hydrogens is 272 g/mol. The van der Waals surface area contributed by atoms with Gasteiger partial charge in [0.05, 0.1) is 11.7 Å². The lowest BCUT2D eigenvalue weighted by Crippen LogP contribution is -2.52. The van der Waals surface area contributed by atoms with Gasteiger partial charge < -0.3 is 9.64 Å². The Morgan fingerprint density at radius 1 is 1.35 bits per heavy atom. The van der Waals surface area contributed by atoms with E-state index in [0.29, 0.717) is 0 Å². The van der Waals surface area contributed by atoms with Crippen molar-refractivity contribution in [3.8, 4) is 10.7 Å². The predicted octanol–water partition coefficient (Wildman–Crippen LogP) is 2.60. The van der Waals surface area contributed by atoms with Crippen LogP contribution in [0.3, 0.4) is 0 Å². The second-order valence-corrected chi connectivity index (χ2v) is 6.63. The number of nitrogens with zero attached hydrogens (tertiary/aromatic N) is 4. The molecule has 1 atom stereocenters. The topological polar surface area (TPSA) is 51.1 Å². The highest BCUT2D eigenvalue weighted by Crippen LogP contribution is 2.31. The first-order chi connectivity index (χ1) is 9.53. The van der Waals surface area contributed by atoms with Crippen molar-refractivity contribution < 1.29 is 4.74 Å². The van der Waals surface area contributed by atoms with E-state index in [9.17, 15) is 0 Å². The van der Waals surface area contributed by atoms with Gasteiger partial charge in [0.1, 0.15) is 5.69 Å². The van der Waals surface area contributed by atoms with Crippen LogP contribution in [0.15, 0.2) is 24.4 Å². The lowest BCUT2D eigenvalue weighted by Gasteiger charge is -2.41. The van der Waals surface area contributed by atoms with Crippen LogP contribution in [0.1, 0.15) is 20.8 Å². The number of rotatable bonds is 2. The average Bonchev–Trinajstić information content (AvgIpc) is 2.87. The summed E-state index contributed by atoms with van der Waals surface area (Å²) in [5, 5.41) is 10.4. The van der Waals surface area contributed by atoms with Gasteiger partial charge in [-0.05, 0) is 32.9 Å². The molecule has 1 saturated heterocycles. The van der Waals surface area contributed by atoms with Crippen LogP contribution in [0.5, 0.6) is 0 Å². The van der Waals surface area contributed by atoms with Gasteiger partial charge in [0.25, 0.3) is 0 Å². The summed E-state index contributed by atoms with van der Waals surface area (Å²) in [6, 6.07) is 5.82. The molecule has 0 aliphatic carbocycles. The highest BCUT2D eigenvalue weighted by Gasteiger charge is 2.32. The van der Waals surface area contributed by atoms with E-state index in [1.807, 2.05) is 18.2 Å². The lowest BCUT2D eigenvalue weighted by atomic mass is 10.1. The van der Waals surface area contributed by atoms with Crippen LogP contribution in [0.2, 0.25) is 0 Å². The Hall–Kier alpha value is -1.53. The van der Waals surface area contributed by atoms with Crippen LogP contribution < -0.4 is 4.90 Å². The molecule has 6 heteroatoms. The van der Waals surface area contributed by atoms with E-state index in [2.05, 4.69) is 40.9 Å². The normalized spacial score (nSPS) is 21.9. The molecule has 1 fully saturated rings. The molecule has 3 rings (SSSR count). The largest absolute Gasteiger partial charge is 0.369 e. The molecule has 0 bridgehead atoms. The van der Waals surface area contributed by atoms with Gasteiger partial charge >= 0.3 is 0 Å². The molecule has 0 amide bonds. The van der Waals surface area contributed by atoms with E-state index in [1.54, 1.807) is 17.5 Å². The average molecular weight is 290 g/mol. The maximum atomic E-state index is 5.92. The van der Waals surface area contributed by atoms with Gasteiger partial charge in [0.2, 0.25) is 5.13 Å². The fraction of sp³-hybridized carbons (Fsp3) is 0.500. The highest BCUT2D eigenvalue weighted by atomic mass is 32.1. The summed E-state index contributed by atoms with van der Waals surface area (Å²) in [7, 11) is 0. The van der Waals surface area contributed by atoms with E-state index in [-0.39, 0.29) is 11.7 Å². The summed E-state index contributed by atoms with van der Waals surface area (Å²) in [5.74, 6) is 0. The molecule has 0 N–H and O–H groups in total. The third kappa shape index (κ3) is 2.81. The first-order valence-corrected chi connectivity index (χ1v) is 7.53. The van der Waals surface area contributed by atoms with E-state index in [1.165, 1.54) is 0 Å². The number of aromatic nitrogens is 3. The van der Waals surface area contributed by atoms with Crippen LogP contribution in [-0.2, 0) is 4.74 Å². The first-order valence-electron chi connectivity index (χ1n) is 6.71. The van der Waals surface area contributed by atoms with Gasteiger partial charge in [0, 0.05) is 19.3 Å². The zero-order valence-corrected chi connectivity index (χ0v) is 12.7. The van der Waals surface area contributed by atoms with Crippen molar-refractivity contribution in [2.75, 3.05) is 18.0 Å². The van der Waals surface area contributed by atoms with Crippen molar-refractivity contribution in [2.24, 2.45) is 0 Å².